The van der Waals surface area contributed by atoms with Crippen molar-refractivity contribution in [3.05, 3.63) is 23.9 Å². The molecule has 1 atom stereocenters. The van der Waals surface area contributed by atoms with Crippen LogP contribution in [0.1, 0.15) is 31.4 Å². The number of ether oxygens (including phenoxy) is 1. The highest BCUT2D eigenvalue weighted by molar-refractivity contribution is 5.29. The van der Waals surface area contributed by atoms with Gasteiger partial charge in [0, 0.05) is 17.8 Å². The van der Waals surface area contributed by atoms with Crippen LogP contribution in [0.2, 0.25) is 0 Å². The molecule has 2 rings (SSSR count). The van der Waals surface area contributed by atoms with Gasteiger partial charge in [-0.05, 0) is 32.4 Å². The fraction of sp³-hybridized carbons (Fsp3) is 0.545. The molecular weight excluding hydrogens is 176 g/mol. The third kappa shape index (κ3) is 1.87. The van der Waals surface area contributed by atoms with Crippen LogP contribution < -0.4 is 10.1 Å². The normalized spacial score (nSPS) is 21.1. The predicted octanol–water partition coefficient (Wildman–Crippen LogP) is 1.90. The van der Waals surface area contributed by atoms with Crippen molar-refractivity contribution in [3.63, 3.8) is 0 Å². The van der Waals surface area contributed by atoms with Crippen LogP contribution in [0.25, 0.3) is 0 Å². The van der Waals surface area contributed by atoms with E-state index in [0.29, 0.717) is 12.6 Å². The average molecular weight is 192 g/mol. The van der Waals surface area contributed by atoms with Crippen LogP contribution in [-0.4, -0.2) is 18.1 Å². The first kappa shape index (κ1) is 9.46. The summed E-state index contributed by atoms with van der Waals surface area (Å²) < 4.78 is 5.50. The largest absolute Gasteiger partial charge is 0.478 e. The standard InChI is InChI=1S/C11H16N2O/c1-2-14-11-9(5-3-8-13-11)10-6-4-7-12-10/h3,5,8,10,12H,2,4,6-7H2,1H3/t10-/m0/s1. The van der Waals surface area contributed by atoms with Crippen molar-refractivity contribution >= 4 is 0 Å². The number of nitrogens with zero attached hydrogens (tertiary/aromatic N) is 1. The first-order valence-electron chi connectivity index (χ1n) is 5.23. The van der Waals surface area contributed by atoms with Crippen LogP contribution >= 0.6 is 0 Å². The van der Waals surface area contributed by atoms with Crippen LogP contribution in [0.4, 0.5) is 0 Å². The van der Waals surface area contributed by atoms with Gasteiger partial charge in [0.1, 0.15) is 0 Å². The van der Waals surface area contributed by atoms with E-state index in [1.807, 2.05) is 13.0 Å². The van der Waals surface area contributed by atoms with Gasteiger partial charge >= 0.3 is 0 Å². The molecule has 0 aromatic carbocycles. The summed E-state index contributed by atoms with van der Waals surface area (Å²) in [5, 5.41) is 3.45. The van der Waals surface area contributed by atoms with E-state index < -0.39 is 0 Å². The molecule has 76 valence electrons. The molecule has 0 saturated carbocycles. The second kappa shape index (κ2) is 4.42. The van der Waals surface area contributed by atoms with Crippen molar-refractivity contribution in [3.8, 4) is 5.88 Å². The second-order valence-corrected chi connectivity index (χ2v) is 3.48. The van der Waals surface area contributed by atoms with Crippen molar-refractivity contribution < 1.29 is 4.74 Å². The summed E-state index contributed by atoms with van der Waals surface area (Å²) in [4.78, 5) is 4.25. The van der Waals surface area contributed by atoms with Gasteiger partial charge in [-0.25, -0.2) is 4.98 Å². The Balaban J connectivity index is 2.21. The molecule has 3 nitrogen and oxygen atoms in total. The molecule has 0 spiro atoms. The van der Waals surface area contributed by atoms with Gasteiger partial charge in [-0.3, -0.25) is 0 Å². The number of hydrogen-bond donors (Lipinski definition) is 1. The number of nitrogens with one attached hydrogen (secondary N) is 1. The lowest BCUT2D eigenvalue weighted by Gasteiger charge is -2.14. The topological polar surface area (TPSA) is 34.1 Å². The van der Waals surface area contributed by atoms with E-state index in [-0.39, 0.29) is 0 Å². The summed E-state index contributed by atoms with van der Waals surface area (Å²) in [6.07, 6.45) is 4.21. The highest BCUT2D eigenvalue weighted by atomic mass is 16.5. The summed E-state index contributed by atoms with van der Waals surface area (Å²) in [6.45, 7) is 3.77. The average Bonchev–Trinajstić information content (AvgIpc) is 2.72. The minimum atomic E-state index is 0.435. The Bertz CT molecular complexity index is 295. The van der Waals surface area contributed by atoms with E-state index in [1.54, 1.807) is 6.20 Å². The smallest absolute Gasteiger partial charge is 0.218 e. The molecule has 3 heteroatoms. The van der Waals surface area contributed by atoms with Crippen LogP contribution in [0.3, 0.4) is 0 Å². The summed E-state index contributed by atoms with van der Waals surface area (Å²) in [5.41, 5.74) is 1.20. The molecule has 1 aliphatic heterocycles. The molecule has 1 fully saturated rings. The second-order valence-electron chi connectivity index (χ2n) is 3.48. The van der Waals surface area contributed by atoms with E-state index in [9.17, 15) is 0 Å². The van der Waals surface area contributed by atoms with Gasteiger partial charge in [0.15, 0.2) is 0 Å². The Kier molecular flexibility index (Phi) is 2.99. The van der Waals surface area contributed by atoms with Crippen molar-refractivity contribution in [2.24, 2.45) is 0 Å². The van der Waals surface area contributed by atoms with Crippen molar-refractivity contribution in [1.29, 1.82) is 0 Å². The highest BCUT2D eigenvalue weighted by Gasteiger charge is 2.20. The van der Waals surface area contributed by atoms with E-state index in [2.05, 4.69) is 16.4 Å². The van der Waals surface area contributed by atoms with Gasteiger partial charge in [0.05, 0.1) is 6.61 Å². The summed E-state index contributed by atoms with van der Waals surface area (Å²) in [6, 6.07) is 4.50. The molecule has 1 N–H and O–H groups in total. The molecule has 1 saturated heterocycles. The first-order chi connectivity index (χ1) is 6.92. The maximum Gasteiger partial charge on any atom is 0.218 e. The number of pyridine rings is 1. The first-order valence-corrected chi connectivity index (χ1v) is 5.23. The third-order valence-electron chi connectivity index (χ3n) is 2.52. The molecular formula is C11H16N2O. The Hall–Kier alpha value is -1.09. The fourth-order valence-electron chi connectivity index (χ4n) is 1.88. The number of hydrogen-bond acceptors (Lipinski definition) is 3. The number of rotatable bonds is 3. The van der Waals surface area contributed by atoms with Crippen molar-refractivity contribution in [1.82, 2.24) is 10.3 Å². The predicted molar refractivity (Wildman–Crippen MR) is 55.4 cm³/mol. The van der Waals surface area contributed by atoms with Gasteiger partial charge < -0.3 is 10.1 Å². The van der Waals surface area contributed by atoms with E-state index in [1.165, 1.54) is 18.4 Å². The summed E-state index contributed by atoms with van der Waals surface area (Å²) in [7, 11) is 0. The molecule has 1 aromatic heterocycles. The van der Waals surface area contributed by atoms with Crippen molar-refractivity contribution in [2.45, 2.75) is 25.8 Å². The molecule has 0 unspecified atom stereocenters. The summed E-state index contributed by atoms with van der Waals surface area (Å²) in [5.74, 6) is 0.786. The quantitative estimate of drug-likeness (QED) is 0.794. The third-order valence-corrected chi connectivity index (χ3v) is 2.52. The lowest BCUT2D eigenvalue weighted by Crippen LogP contribution is -2.14. The zero-order chi connectivity index (χ0) is 9.80. The van der Waals surface area contributed by atoms with Crippen LogP contribution in [0, 0.1) is 0 Å². The molecule has 2 heterocycles. The summed E-state index contributed by atoms with van der Waals surface area (Å²) >= 11 is 0. The van der Waals surface area contributed by atoms with Crippen molar-refractivity contribution in [2.75, 3.05) is 13.2 Å². The van der Waals surface area contributed by atoms with Crippen LogP contribution in [0.5, 0.6) is 5.88 Å². The minimum Gasteiger partial charge on any atom is -0.478 e. The Morgan fingerprint density at radius 3 is 3.29 bits per heavy atom. The molecule has 0 radical (unpaired) electrons. The minimum absolute atomic E-state index is 0.435. The Morgan fingerprint density at radius 1 is 1.64 bits per heavy atom. The van der Waals surface area contributed by atoms with Crippen LogP contribution in [-0.2, 0) is 0 Å². The Morgan fingerprint density at radius 2 is 2.57 bits per heavy atom. The van der Waals surface area contributed by atoms with Gasteiger partial charge in [-0.2, -0.15) is 0 Å². The fourth-order valence-corrected chi connectivity index (χ4v) is 1.88. The molecule has 14 heavy (non-hydrogen) atoms. The lowest BCUT2D eigenvalue weighted by molar-refractivity contribution is 0.319. The number of aromatic nitrogens is 1. The Labute approximate surface area is 84.5 Å². The lowest BCUT2D eigenvalue weighted by atomic mass is 10.1. The molecule has 0 aliphatic carbocycles. The maximum absolute atomic E-state index is 5.50. The zero-order valence-corrected chi connectivity index (χ0v) is 8.49. The van der Waals surface area contributed by atoms with E-state index in [0.717, 1.165) is 12.4 Å². The molecule has 0 bridgehead atoms. The van der Waals surface area contributed by atoms with Gasteiger partial charge in [-0.15, -0.1) is 0 Å². The highest BCUT2D eigenvalue weighted by Crippen LogP contribution is 2.28. The van der Waals surface area contributed by atoms with Gasteiger partial charge in [0.2, 0.25) is 5.88 Å². The van der Waals surface area contributed by atoms with Gasteiger partial charge in [0.25, 0.3) is 0 Å². The molecule has 0 amide bonds. The van der Waals surface area contributed by atoms with Crippen LogP contribution in [0.15, 0.2) is 18.3 Å². The zero-order valence-electron chi connectivity index (χ0n) is 8.49. The van der Waals surface area contributed by atoms with E-state index in [4.69, 9.17) is 4.74 Å². The monoisotopic (exact) mass is 192 g/mol. The SMILES string of the molecule is CCOc1ncccc1[C@@H]1CCCN1. The maximum atomic E-state index is 5.50. The molecule has 1 aliphatic rings. The van der Waals surface area contributed by atoms with E-state index >= 15 is 0 Å². The van der Waals surface area contributed by atoms with Gasteiger partial charge in [-0.1, -0.05) is 6.07 Å². The molecule has 1 aromatic rings.